The maximum atomic E-state index is 11.7. The predicted octanol–water partition coefficient (Wildman–Crippen LogP) is -0.117. The molecule has 0 heterocycles. The summed E-state index contributed by atoms with van der Waals surface area (Å²) in [7, 11) is -2.47. The van der Waals surface area contributed by atoms with Crippen LogP contribution in [0.3, 0.4) is 0 Å². The average Bonchev–Trinajstić information content (AvgIpc) is 2.37. The quantitative estimate of drug-likeness (QED) is 0.579. The molecule has 0 saturated heterocycles. The molecule has 0 saturated carbocycles. The smallest absolute Gasteiger partial charge is 0.326 e. The molecule has 0 aliphatic carbocycles. The summed E-state index contributed by atoms with van der Waals surface area (Å²) in [5.41, 5.74) is 0.354. The molecular formula is C11H16N2O5S. The highest BCUT2D eigenvalue weighted by atomic mass is 32.2. The lowest BCUT2D eigenvalue weighted by Crippen LogP contribution is -2.42. The number of rotatable bonds is 8. The lowest BCUT2D eigenvalue weighted by atomic mass is 10.1. The number of benzene rings is 1. The van der Waals surface area contributed by atoms with Gasteiger partial charge < -0.3 is 9.84 Å². The number of aliphatic carboxylic acids is 1. The molecule has 1 aromatic rings. The minimum Gasteiger partial charge on any atom is -0.480 e. The Morgan fingerprint density at radius 2 is 2.00 bits per heavy atom. The normalized spacial score (nSPS) is 13.1. The van der Waals surface area contributed by atoms with Crippen molar-refractivity contribution in [1.29, 1.82) is 0 Å². The number of methoxy groups -OCH3 is 1. The predicted molar refractivity (Wildman–Crippen MR) is 68.8 cm³/mol. The van der Waals surface area contributed by atoms with Crippen molar-refractivity contribution >= 4 is 16.2 Å². The minimum atomic E-state index is -3.91. The van der Waals surface area contributed by atoms with E-state index >= 15 is 0 Å². The maximum absolute atomic E-state index is 11.7. The Hall–Kier alpha value is -1.48. The Morgan fingerprint density at radius 1 is 1.37 bits per heavy atom. The first-order valence-electron chi connectivity index (χ1n) is 5.50. The Morgan fingerprint density at radius 3 is 2.53 bits per heavy atom. The second-order valence-corrected chi connectivity index (χ2v) is 5.22. The molecule has 1 aromatic carbocycles. The van der Waals surface area contributed by atoms with Gasteiger partial charge >= 0.3 is 5.97 Å². The monoisotopic (exact) mass is 288 g/mol. The summed E-state index contributed by atoms with van der Waals surface area (Å²) in [4.78, 5) is 11.1. The molecule has 7 nitrogen and oxygen atoms in total. The zero-order chi connectivity index (χ0) is 14.3. The number of ether oxygens (including phenoxy) is 1. The molecule has 19 heavy (non-hydrogen) atoms. The van der Waals surface area contributed by atoms with Crippen LogP contribution in [0.4, 0.5) is 0 Å². The molecule has 0 aliphatic heterocycles. The first-order valence-corrected chi connectivity index (χ1v) is 6.98. The SMILES string of the molecule is COCCNS(=O)(=O)N[C@H](C(=O)O)c1ccccc1. The van der Waals surface area contributed by atoms with Crippen LogP contribution in [0.15, 0.2) is 30.3 Å². The van der Waals surface area contributed by atoms with E-state index in [1.165, 1.54) is 19.2 Å². The van der Waals surface area contributed by atoms with Crippen molar-refractivity contribution < 1.29 is 23.1 Å². The number of carboxylic acid groups (broad SMARTS) is 1. The van der Waals surface area contributed by atoms with Gasteiger partial charge in [0.25, 0.3) is 10.2 Å². The van der Waals surface area contributed by atoms with E-state index < -0.39 is 22.2 Å². The van der Waals surface area contributed by atoms with Crippen molar-refractivity contribution in [3.8, 4) is 0 Å². The molecule has 0 radical (unpaired) electrons. The largest absolute Gasteiger partial charge is 0.480 e. The van der Waals surface area contributed by atoms with E-state index in [0.717, 1.165) is 0 Å². The van der Waals surface area contributed by atoms with Crippen LogP contribution in [0, 0.1) is 0 Å². The number of hydrogen-bond acceptors (Lipinski definition) is 4. The van der Waals surface area contributed by atoms with E-state index in [1.54, 1.807) is 18.2 Å². The molecular weight excluding hydrogens is 272 g/mol. The fourth-order valence-electron chi connectivity index (χ4n) is 1.38. The fraction of sp³-hybridized carbons (Fsp3) is 0.364. The third kappa shape index (κ3) is 5.35. The topological polar surface area (TPSA) is 105 Å². The zero-order valence-corrected chi connectivity index (χ0v) is 11.2. The van der Waals surface area contributed by atoms with Crippen LogP contribution in [-0.4, -0.2) is 39.8 Å². The minimum absolute atomic E-state index is 0.0625. The summed E-state index contributed by atoms with van der Waals surface area (Å²) in [6, 6.07) is 6.73. The van der Waals surface area contributed by atoms with Crippen molar-refractivity contribution in [2.75, 3.05) is 20.3 Å². The van der Waals surface area contributed by atoms with Gasteiger partial charge in [0, 0.05) is 13.7 Å². The Kier molecular flexibility index (Phi) is 5.90. The average molecular weight is 288 g/mol. The first kappa shape index (κ1) is 15.6. The Balaban J connectivity index is 2.77. The molecule has 1 atom stereocenters. The number of hydrogen-bond donors (Lipinski definition) is 3. The van der Waals surface area contributed by atoms with E-state index in [2.05, 4.69) is 9.44 Å². The highest BCUT2D eigenvalue weighted by molar-refractivity contribution is 7.87. The Bertz CT molecular complexity index is 503. The van der Waals surface area contributed by atoms with E-state index in [-0.39, 0.29) is 13.2 Å². The molecule has 0 aromatic heterocycles. The van der Waals surface area contributed by atoms with Crippen molar-refractivity contribution in [3.05, 3.63) is 35.9 Å². The van der Waals surface area contributed by atoms with Gasteiger partial charge in [-0.15, -0.1) is 0 Å². The highest BCUT2D eigenvalue weighted by Gasteiger charge is 2.25. The molecule has 106 valence electrons. The van der Waals surface area contributed by atoms with Gasteiger partial charge in [0.1, 0.15) is 6.04 Å². The number of nitrogens with one attached hydrogen (secondary N) is 2. The van der Waals surface area contributed by atoms with Crippen molar-refractivity contribution in [2.24, 2.45) is 0 Å². The zero-order valence-electron chi connectivity index (χ0n) is 10.4. The van der Waals surface area contributed by atoms with Crippen molar-refractivity contribution in [3.63, 3.8) is 0 Å². The lowest BCUT2D eigenvalue weighted by molar-refractivity contribution is -0.139. The molecule has 0 bridgehead atoms. The van der Waals surface area contributed by atoms with Crippen LogP contribution >= 0.6 is 0 Å². The summed E-state index contributed by atoms with van der Waals surface area (Å²) in [5.74, 6) is -1.27. The van der Waals surface area contributed by atoms with Gasteiger partial charge in [-0.2, -0.15) is 17.9 Å². The van der Waals surface area contributed by atoms with E-state index in [4.69, 9.17) is 9.84 Å². The van der Waals surface area contributed by atoms with Gasteiger partial charge in [0.2, 0.25) is 0 Å². The molecule has 0 spiro atoms. The number of carbonyl (C=O) groups is 1. The molecule has 0 aliphatic rings. The molecule has 3 N–H and O–H groups in total. The van der Waals surface area contributed by atoms with Crippen LogP contribution < -0.4 is 9.44 Å². The fourth-order valence-corrected chi connectivity index (χ4v) is 2.36. The van der Waals surface area contributed by atoms with Crippen LogP contribution in [-0.2, 0) is 19.7 Å². The van der Waals surface area contributed by atoms with Gasteiger partial charge in [-0.3, -0.25) is 4.79 Å². The Labute approximate surface area is 111 Å². The van der Waals surface area contributed by atoms with Crippen LogP contribution in [0.1, 0.15) is 11.6 Å². The van der Waals surface area contributed by atoms with E-state index in [1.807, 2.05) is 0 Å². The van der Waals surface area contributed by atoms with Crippen LogP contribution in [0.2, 0.25) is 0 Å². The highest BCUT2D eigenvalue weighted by Crippen LogP contribution is 2.13. The van der Waals surface area contributed by atoms with E-state index in [9.17, 15) is 13.2 Å². The third-order valence-electron chi connectivity index (χ3n) is 2.25. The standard InChI is InChI=1S/C11H16N2O5S/c1-18-8-7-12-19(16,17)13-10(11(14)15)9-5-3-2-4-6-9/h2-6,10,12-13H,7-8H2,1H3,(H,14,15)/t10-/m0/s1. The van der Waals surface area contributed by atoms with Crippen molar-refractivity contribution in [1.82, 2.24) is 9.44 Å². The molecule has 0 amide bonds. The van der Waals surface area contributed by atoms with Crippen LogP contribution in [0.25, 0.3) is 0 Å². The van der Waals surface area contributed by atoms with Gasteiger partial charge in [0.15, 0.2) is 0 Å². The summed E-state index contributed by atoms with van der Waals surface area (Å²) in [6.07, 6.45) is 0. The molecule has 1 rings (SSSR count). The maximum Gasteiger partial charge on any atom is 0.326 e. The lowest BCUT2D eigenvalue weighted by Gasteiger charge is -2.15. The summed E-state index contributed by atoms with van der Waals surface area (Å²) in [5, 5.41) is 9.08. The first-order chi connectivity index (χ1) is 8.96. The summed E-state index contributed by atoms with van der Waals surface area (Å²) < 4.78 is 32.3. The van der Waals surface area contributed by atoms with Gasteiger partial charge in [-0.05, 0) is 5.56 Å². The summed E-state index contributed by atoms with van der Waals surface area (Å²) in [6.45, 7) is 0.261. The summed E-state index contributed by atoms with van der Waals surface area (Å²) >= 11 is 0. The third-order valence-corrected chi connectivity index (χ3v) is 3.38. The van der Waals surface area contributed by atoms with E-state index in [0.29, 0.717) is 5.56 Å². The van der Waals surface area contributed by atoms with Gasteiger partial charge in [-0.1, -0.05) is 30.3 Å². The van der Waals surface area contributed by atoms with Gasteiger partial charge in [-0.25, -0.2) is 0 Å². The van der Waals surface area contributed by atoms with Crippen molar-refractivity contribution in [2.45, 2.75) is 6.04 Å². The molecule has 8 heteroatoms. The molecule has 0 fully saturated rings. The van der Waals surface area contributed by atoms with Gasteiger partial charge in [0.05, 0.1) is 6.61 Å². The number of carboxylic acids is 1. The second kappa shape index (κ2) is 7.19. The van der Waals surface area contributed by atoms with Crippen LogP contribution in [0.5, 0.6) is 0 Å². The second-order valence-electron chi connectivity index (χ2n) is 3.69. The molecule has 0 unspecified atom stereocenters.